The molecular formula is C13H17Cl2N. The van der Waals surface area contributed by atoms with E-state index in [1.807, 2.05) is 6.07 Å². The summed E-state index contributed by atoms with van der Waals surface area (Å²) in [6, 6.07) is 6.76. The zero-order valence-corrected chi connectivity index (χ0v) is 11.1. The fourth-order valence-electron chi connectivity index (χ4n) is 2.41. The first-order valence-electron chi connectivity index (χ1n) is 5.79. The van der Waals surface area contributed by atoms with Crippen LogP contribution in [-0.2, 0) is 5.88 Å². The second kappa shape index (κ2) is 5.29. The van der Waals surface area contributed by atoms with E-state index in [9.17, 15) is 0 Å². The van der Waals surface area contributed by atoms with Crippen LogP contribution < -0.4 is 4.90 Å². The molecule has 3 heteroatoms. The van der Waals surface area contributed by atoms with Gasteiger partial charge in [0.25, 0.3) is 0 Å². The summed E-state index contributed by atoms with van der Waals surface area (Å²) in [4.78, 5) is 2.31. The quantitative estimate of drug-likeness (QED) is 0.723. The van der Waals surface area contributed by atoms with Gasteiger partial charge in [-0.25, -0.2) is 0 Å². The Labute approximate surface area is 107 Å². The number of halogens is 2. The van der Waals surface area contributed by atoms with Crippen LogP contribution in [0.4, 0.5) is 5.69 Å². The summed E-state index contributed by atoms with van der Waals surface area (Å²) in [6.45, 7) is 0. The van der Waals surface area contributed by atoms with Crippen molar-refractivity contribution < 1.29 is 0 Å². The van der Waals surface area contributed by atoms with Crippen LogP contribution in [0.5, 0.6) is 0 Å². The molecule has 1 aliphatic carbocycles. The topological polar surface area (TPSA) is 3.24 Å². The molecule has 1 aromatic rings. The number of hydrogen-bond acceptors (Lipinski definition) is 1. The smallest absolute Gasteiger partial charge is 0.0642 e. The fourth-order valence-corrected chi connectivity index (χ4v) is 2.91. The Morgan fingerprint density at radius 2 is 2.00 bits per heavy atom. The average Bonchev–Trinajstić information content (AvgIpc) is 2.81. The highest BCUT2D eigenvalue weighted by atomic mass is 35.5. The number of benzene rings is 1. The molecule has 0 unspecified atom stereocenters. The summed E-state index contributed by atoms with van der Waals surface area (Å²) in [5.74, 6) is 0.521. The maximum atomic E-state index is 6.28. The van der Waals surface area contributed by atoms with Gasteiger partial charge in [-0.05, 0) is 30.5 Å². The molecule has 0 aromatic heterocycles. The first kappa shape index (κ1) is 12.1. The maximum absolute atomic E-state index is 6.28. The molecule has 1 fully saturated rings. The number of nitrogens with zero attached hydrogens (tertiary/aromatic N) is 1. The Bertz CT molecular complexity index is 359. The standard InChI is InChI=1S/C13H17Cl2N/c1-16(11-4-2-3-5-11)13-7-6-10(9-14)8-12(13)15/h6-8,11H,2-5,9H2,1H3. The fraction of sp³-hybridized carbons (Fsp3) is 0.538. The van der Waals surface area contributed by atoms with Crippen LogP contribution in [0.15, 0.2) is 18.2 Å². The van der Waals surface area contributed by atoms with E-state index in [1.54, 1.807) is 0 Å². The summed E-state index contributed by atoms with van der Waals surface area (Å²) < 4.78 is 0. The minimum atomic E-state index is 0.521. The molecule has 1 aliphatic rings. The molecule has 16 heavy (non-hydrogen) atoms. The number of alkyl halides is 1. The minimum absolute atomic E-state index is 0.521. The molecule has 0 amide bonds. The van der Waals surface area contributed by atoms with Crippen LogP contribution >= 0.6 is 23.2 Å². The second-order valence-electron chi connectivity index (χ2n) is 4.47. The molecule has 0 atom stereocenters. The van der Waals surface area contributed by atoms with Crippen LogP contribution in [0, 0.1) is 0 Å². The molecule has 0 saturated heterocycles. The molecule has 0 spiro atoms. The minimum Gasteiger partial charge on any atom is -0.370 e. The molecule has 0 heterocycles. The van der Waals surface area contributed by atoms with Gasteiger partial charge in [0.05, 0.1) is 10.7 Å². The third-order valence-corrected chi connectivity index (χ3v) is 4.03. The Balaban J connectivity index is 2.19. The van der Waals surface area contributed by atoms with Crippen molar-refractivity contribution in [1.82, 2.24) is 0 Å². The first-order valence-corrected chi connectivity index (χ1v) is 6.71. The summed E-state index contributed by atoms with van der Waals surface area (Å²) >= 11 is 12.1. The summed E-state index contributed by atoms with van der Waals surface area (Å²) in [5.41, 5.74) is 2.21. The number of hydrogen-bond donors (Lipinski definition) is 0. The van der Waals surface area contributed by atoms with Crippen molar-refractivity contribution in [3.63, 3.8) is 0 Å². The van der Waals surface area contributed by atoms with E-state index < -0.39 is 0 Å². The SMILES string of the molecule is CN(c1ccc(CCl)cc1Cl)C1CCCC1. The van der Waals surface area contributed by atoms with E-state index in [-0.39, 0.29) is 0 Å². The Morgan fingerprint density at radius 3 is 2.56 bits per heavy atom. The van der Waals surface area contributed by atoms with Crippen molar-refractivity contribution in [3.8, 4) is 0 Å². The zero-order valence-electron chi connectivity index (χ0n) is 9.55. The highest BCUT2D eigenvalue weighted by Gasteiger charge is 2.21. The molecule has 2 rings (SSSR count). The number of rotatable bonds is 3. The molecular weight excluding hydrogens is 241 g/mol. The van der Waals surface area contributed by atoms with Gasteiger partial charge in [0.15, 0.2) is 0 Å². The van der Waals surface area contributed by atoms with Gasteiger partial charge in [-0.3, -0.25) is 0 Å². The maximum Gasteiger partial charge on any atom is 0.0642 e. The van der Waals surface area contributed by atoms with Crippen LogP contribution in [0.3, 0.4) is 0 Å². The summed E-state index contributed by atoms with van der Waals surface area (Å²) in [5, 5.41) is 0.813. The lowest BCUT2D eigenvalue weighted by atomic mass is 10.1. The summed E-state index contributed by atoms with van der Waals surface area (Å²) in [6.07, 6.45) is 5.24. The van der Waals surface area contributed by atoms with Crippen LogP contribution in [0.1, 0.15) is 31.2 Å². The molecule has 1 aromatic carbocycles. The molecule has 0 radical (unpaired) electrons. The molecule has 1 nitrogen and oxygen atoms in total. The van der Waals surface area contributed by atoms with Crippen molar-refractivity contribution in [1.29, 1.82) is 0 Å². The first-order chi connectivity index (χ1) is 7.72. The van der Waals surface area contributed by atoms with Crippen molar-refractivity contribution in [2.24, 2.45) is 0 Å². The van der Waals surface area contributed by atoms with Crippen LogP contribution in [-0.4, -0.2) is 13.1 Å². The van der Waals surface area contributed by atoms with Gasteiger partial charge in [-0.2, -0.15) is 0 Å². The normalized spacial score (nSPS) is 16.7. The van der Waals surface area contributed by atoms with Gasteiger partial charge in [0.1, 0.15) is 0 Å². The lowest BCUT2D eigenvalue weighted by Gasteiger charge is -2.27. The van der Waals surface area contributed by atoms with Gasteiger partial charge >= 0.3 is 0 Å². The molecule has 88 valence electrons. The average molecular weight is 258 g/mol. The zero-order chi connectivity index (χ0) is 11.5. The van der Waals surface area contributed by atoms with Gasteiger partial charge < -0.3 is 4.90 Å². The van der Waals surface area contributed by atoms with Gasteiger partial charge in [0, 0.05) is 19.0 Å². The highest BCUT2D eigenvalue weighted by Crippen LogP contribution is 2.32. The van der Waals surface area contributed by atoms with Crippen molar-refractivity contribution >= 4 is 28.9 Å². The third-order valence-electron chi connectivity index (χ3n) is 3.42. The third kappa shape index (κ3) is 2.46. The monoisotopic (exact) mass is 257 g/mol. The van der Waals surface area contributed by atoms with E-state index in [1.165, 1.54) is 25.7 Å². The molecule has 0 bridgehead atoms. The molecule has 1 saturated carbocycles. The molecule has 0 aliphatic heterocycles. The van der Waals surface area contributed by atoms with Gasteiger partial charge in [0.2, 0.25) is 0 Å². The van der Waals surface area contributed by atoms with Crippen molar-refractivity contribution in [2.75, 3.05) is 11.9 Å². The number of anilines is 1. The van der Waals surface area contributed by atoms with E-state index in [2.05, 4.69) is 24.1 Å². The van der Waals surface area contributed by atoms with Crippen LogP contribution in [0.2, 0.25) is 5.02 Å². The Kier molecular flexibility index (Phi) is 3.99. The predicted molar refractivity (Wildman–Crippen MR) is 71.7 cm³/mol. The predicted octanol–water partition coefficient (Wildman–Crippen LogP) is 4.46. The van der Waals surface area contributed by atoms with Crippen LogP contribution in [0.25, 0.3) is 0 Å². The van der Waals surface area contributed by atoms with E-state index in [0.717, 1.165) is 16.3 Å². The lowest BCUT2D eigenvalue weighted by Crippen LogP contribution is -2.28. The largest absolute Gasteiger partial charge is 0.370 e. The summed E-state index contributed by atoms with van der Waals surface area (Å²) in [7, 11) is 2.14. The lowest BCUT2D eigenvalue weighted by molar-refractivity contribution is 0.653. The van der Waals surface area contributed by atoms with E-state index >= 15 is 0 Å². The van der Waals surface area contributed by atoms with Crippen molar-refractivity contribution in [2.45, 2.75) is 37.6 Å². The second-order valence-corrected chi connectivity index (χ2v) is 5.14. The molecule has 0 N–H and O–H groups in total. The highest BCUT2D eigenvalue weighted by molar-refractivity contribution is 6.33. The van der Waals surface area contributed by atoms with E-state index in [0.29, 0.717) is 11.9 Å². The van der Waals surface area contributed by atoms with Gasteiger partial charge in [-0.15, -0.1) is 11.6 Å². The van der Waals surface area contributed by atoms with Gasteiger partial charge in [-0.1, -0.05) is 30.5 Å². The van der Waals surface area contributed by atoms with Crippen molar-refractivity contribution in [3.05, 3.63) is 28.8 Å². The Hall–Kier alpha value is -0.400. The Morgan fingerprint density at radius 1 is 1.31 bits per heavy atom. The van der Waals surface area contributed by atoms with E-state index in [4.69, 9.17) is 23.2 Å².